The van der Waals surface area contributed by atoms with Gasteiger partial charge in [0.25, 0.3) is 10.0 Å². The van der Waals surface area contributed by atoms with Gasteiger partial charge >= 0.3 is 6.09 Å². The molecule has 1 amide bonds. The van der Waals surface area contributed by atoms with Gasteiger partial charge in [0.15, 0.2) is 0 Å². The lowest BCUT2D eigenvalue weighted by Crippen LogP contribution is -2.45. The van der Waals surface area contributed by atoms with Gasteiger partial charge in [-0.1, -0.05) is 44.2 Å². The van der Waals surface area contributed by atoms with E-state index in [1.54, 1.807) is 11.0 Å². The van der Waals surface area contributed by atoms with Gasteiger partial charge < -0.3 is 14.4 Å². The summed E-state index contributed by atoms with van der Waals surface area (Å²) < 4.78 is 41.4. The number of amides is 1. The van der Waals surface area contributed by atoms with Crippen molar-refractivity contribution >= 4 is 28.4 Å². The highest BCUT2D eigenvalue weighted by Crippen LogP contribution is 2.30. The second-order valence-electron chi connectivity index (χ2n) is 12.9. The SMILES string of the molecule is Cc1cccc(C)c1-c1cc(O[C@@H]2CN(C(=O)OC(C)(C)C)C[C@@H](C(C)C)N(C)C2)nc(NS(=O)(=O)c2cccc(C=O)c2)n1. The van der Waals surface area contributed by atoms with Gasteiger partial charge in [-0.3, -0.25) is 9.69 Å². The third-order valence-corrected chi connectivity index (χ3v) is 8.89. The summed E-state index contributed by atoms with van der Waals surface area (Å²) in [6.45, 7) is 14.8. The topological polar surface area (TPSA) is 131 Å². The number of rotatable bonds is 8. The molecule has 0 unspecified atom stereocenters. The Morgan fingerprint density at radius 2 is 1.69 bits per heavy atom. The Labute approximate surface area is 266 Å². The number of hydrogen-bond donors (Lipinski definition) is 1. The second-order valence-corrected chi connectivity index (χ2v) is 14.5. The van der Waals surface area contributed by atoms with E-state index >= 15 is 0 Å². The maximum absolute atomic E-state index is 13.4. The molecule has 11 nitrogen and oxygen atoms in total. The van der Waals surface area contributed by atoms with E-state index in [4.69, 9.17) is 9.47 Å². The number of ether oxygens (including phenoxy) is 2. The van der Waals surface area contributed by atoms with Crippen molar-refractivity contribution in [1.82, 2.24) is 19.8 Å². The first-order valence-corrected chi connectivity index (χ1v) is 16.4. The fraction of sp³-hybridized carbons (Fsp3) is 0.455. The van der Waals surface area contributed by atoms with Crippen LogP contribution in [0.4, 0.5) is 10.7 Å². The monoisotopic (exact) mass is 637 g/mol. The average Bonchev–Trinajstić information content (AvgIpc) is 3.10. The van der Waals surface area contributed by atoms with Crippen LogP contribution in [0, 0.1) is 19.8 Å². The summed E-state index contributed by atoms with van der Waals surface area (Å²) in [7, 11) is -2.16. The van der Waals surface area contributed by atoms with Crippen molar-refractivity contribution in [3.05, 3.63) is 65.2 Å². The molecule has 0 bridgehead atoms. The van der Waals surface area contributed by atoms with Crippen LogP contribution in [-0.4, -0.2) is 85.0 Å². The zero-order chi connectivity index (χ0) is 33.1. The first kappa shape index (κ1) is 33.9. The van der Waals surface area contributed by atoms with Crippen LogP contribution in [0.5, 0.6) is 5.88 Å². The molecule has 0 aliphatic carbocycles. The molecule has 242 valence electrons. The molecule has 1 aliphatic heterocycles. The molecule has 2 atom stereocenters. The number of anilines is 1. The first-order chi connectivity index (χ1) is 21.1. The van der Waals surface area contributed by atoms with E-state index in [0.717, 1.165) is 16.7 Å². The van der Waals surface area contributed by atoms with Crippen molar-refractivity contribution in [2.75, 3.05) is 31.4 Å². The van der Waals surface area contributed by atoms with E-state index in [1.807, 2.05) is 59.9 Å². The molecular weight excluding hydrogens is 594 g/mol. The van der Waals surface area contributed by atoms with E-state index in [-0.39, 0.29) is 40.8 Å². The molecule has 2 heterocycles. The number of nitrogens with zero attached hydrogens (tertiary/aromatic N) is 4. The predicted octanol–water partition coefficient (Wildman–Crippen LogP) is 5.33. The summed E-state index contributed by atoms with van der Waals surface area (Å²) in [4.78, 5) is 37.3. The van der Waals surface area contributed by atoms with Crippen molar-refractivity contribution in [2.45, 2.75) is 71.1 Å². The van der Waals surface area contributed by atoms with Crippen molar-refractivity contribution in [1.29, 1.82) is 0 Å². The molecule has 3 aromatic rings. The Morgan fingerprint density at radius 3 is 2.31 bits per heavy atom. The highest BCUT2D eigenvalue weighted by atomic mass is 32.2. The molecule has 0 saturated carbocycles. The van der Waals surface area contributed by atoms with Crippen molar-refractivity contribution in [3.8, 4) is 17.1 Å². The van der Waals surface area contributed by atoms with Crippen LogP contribution in [-0.2, 0) is 14.8 Å². The van der Waals surface area contributed by atoms with E-state index in [0.29, 0.717) is 25.1 Å². The molecule has 1 aliphatic rings. The van der Waals surface area contributed by atoms with E-state index < -0.39 is 27.8 Å². The Hall–Kier alpha value is -4.03. The fourth-order valence-corrected chi connectivity index (χ4v) is 6.45. The average molecular weight is 638 g/mol. The minimum absolute atomic E-state index is 0.0613. The largest absolute Gasteiger partial charge is 0.471 e. The number of nitrogens with one attached hydrogen (secondary N) is 1. The second kappa shape index (κ2) is 13.5. The third kappa shape index (κ3) is 8.58. The highest BCUT2D eigenvalue weighted by Gasteiger charge is 2.35. The van der Waals surface area contributed by atoms with Crippen LogP contribution in [0.25, 0.3) is 11.3 Å². The zero-order valence-corrected chi connectivity index (χ0v) is 28.0. The quantitative estimate of drug-likeness (QED) is 0.326. The lowest BCUT2D eigenvalue weighted by Gasteiger charge is -2.32. The van der Waals surface area contributed by atoms with Crippen LogP contribution < -0.4 is 9.46 Å². The third-order valence-electron chi connectivity index (χ3n) is 7.57. The Kier molecular flexibility index (Phi) is 10.2. The molecular formula is C33H43N5O6S. The molecule has 45 heavy (non-hydrogen) atoms. The van der Waals surface area contributed by atoms with Gasteiger partial charge in [0, 0.05) is 36.3 Å². The van der Waals surface area contributed by atoms with Crippen LogP contribution in [0.2, 0.25) is 0 Å². The van der Waals surface area contributed by atoms with E-state index in [1.165, 1.54) is 24.3 Å². The summed E-state index contributed by atoms with van der Waals surface area (Å²) in [6.07, 6.45) is -0.361. The predicted molar refractivity (Wildman–Crippen MR) is 173 cm³/mol. The molecule has 4 rings (SSSR count). The number of carbonyl (C=O) groups excluding carboxylic acids is 2. The van der Waals surface area contributed by atoms with Crippen LogP contribution in [0.1, 0.15) is 56.1 Å². The molecule has 1 aromatic heterocycles. The normalized spacial score (nSPS) is 17.9. The zero-order valence-electron chi connectivity index (χ0n) is 27.2. The number of benzene rings is 2. The van der Waals surface area contributed by atoms with Crippen LogP contribution in [0.15, 0.2) is 53.4 Å². The minimum atomic E-state index is -4.15. The van der Waals surface area contributed by atoms with Crippen LogP contribution in [0.3, 0.4) is 0 Å². The molecule has 12 heteroatoms. The lowest BCUT2D eigenvalue weighted by molar-refractivity contribution is 0.0179. The van der Waals surface area contributed by atoms with E-state index in [2.05, 4.69) is 33.4 Å². The van der Waals surface area contributed by atoms with E-state index in [9.17, 15) is 18.0 Å². The molecule has 0 radical (unpaired) electrons. The molecule has 1 fully saturated rings. The lowest BCUT2D eigenvalue weighted by atomic mass is 10.00. The van der Waals surface area contributed by atoms with Gasteiger partial charge in [0.05, 0.1) is 17.1 Å². The number of carbonyl (C=O) groups is 2. The number of aldehydes is 1. The molecule has 1 saturated heterocycles. The number of likely N-dealkylation sites (N-methyl/N-ethyl adjacent to an activating group) is 1. The number of sulfonamides is 1. The van der Waals surface area contributed by atoms with Gasteiger partial charge in [0.1, 0.15) is 18.0 Å². The van der Waals surface area contributed by atoms with Crippen molar-refractivity contribution in [2.24, 2.45) is 5.92 Å². The fourth-order valence-electron chi connectivity index (χ4n) is 5.45. The van der Waals surface area contributed by atoms with Crippen molar-refractivity contribution < 1.29 is 27.5 Å². The summed E-state index contributed by atoms with van der Waals surface area (Å²) in [5.41, 5.74) is 2.74. The number of hydrogen-bond acceptors (Lipinski definition) is 9. The number of aromatic nitrogens is 2. The maximum Gasteiger partial charge on any atom is 0.410 e. The van der Waals surface area contributed by atoms with Gasteiger partial charge in [-0.2, -0.15) is 4.98 Å². The standard InChI is InChI=1S/C33H43N5O6S/c1-21(2)28-19-38(32(40)44-33(5,6)7)18-25(17-37(28)8)43-29-16-27(30-22(3)11-9-12-23(30)4)34-31(35-29)36-45(41,42)26-14-10-13-24(15-26)20-39/h9-16,20-21,25,28H,17-19H2,1-8H3,(H,34,35,36)/t25-,28-/m0/s1. The summed E-state index contributed by atoms with van der Waals surface area (Å²) >= 11 is 0. The first-order valence-electron chi connectivity index (χ1n) is 14.9. The van der Waals surface area contributed by atoms with Crippen molar-refractivity contribution in [3.63, 3.8) is 0 Å². The summed E-state index contributed by atoms with van der Waals surface area (Å²) in [6, 6.07) is 13.3. The molecule has 1 N–H and O–H groups in total. The molecule has 0 spiro atoms. The Morgan fingerprint density at radius 1 is 1.02 bits per heavy atom. The minimum Gasteiger partial charge on any atom is -0.471 e. The summed E-state index contributed by atoms with van der Waals surface area (Å²) in [5.74, 6) is 0.215. The van der Waals surface area contributed by atoms with Gasteiger partial charge in [0.2, 0.25) is 11.8 Å². The smallest absolute Gasteiger partial charge is 0.410 e. The Bertz CT molecular complexity index is 1630. The van der Waals surface area contributed by atoms with Gasteiger partial charge in [-0.05, 0) is 70.8 Å². The maximum atomic E-state index is 13.4. The Balaban J connectivity index is 1.74. The molecule has 2 aromatic carbocycles. The van der Waals surface area contributed by atoms with Gasteiger partial charge in [-0.25, -0.2) is 22.9 Å². The number of aryl methyl sites for hydroxylation is 2. The van der Waals surface area contributed by atoms with Crippen LogP contribution >= 0.6 is 0 Å². The van der Waals surface area contributed by atoms with Gasteiger partial charge in [-0.15, -0.1) is 0 Å². The summed E-state index contributed by atoms with van der Waals surface area (Å²) in [5, 5.41) is 0. The highest BCUT2D eigenvalue weighted by molar-refractivity contribution is 7.92.